The highest BCUT2D eigenvalue weighted by atomic mass is 79.9. The summed E-state index contributed by atoms with van der Waals surface area (Å²) in [6.45, 7) is 5.76. The summed E-state index contributed by atoms with van der Waals surface area (Å²) in [5.41, 5.74) is 0.858. The number of aliphatic hydroxyl groups is 3. The number of rotatable bonds is 10. The van der Waals surface area contributed by atoms with Gasteiger partial charge in [-0.2, -0.15) is 0 Å². The van der Waals surface area contributed by atoms with Crippen molar-refractivity contribution >= 4 is 39.3 Å². The predicted molar refractivity (Wildman–Crippen MR) is 116 cm³/mol. The lowest BCUT2D eigenvalue weighted by Crippen LogP contribution is -2.33. The Morgan fingerprint density at radius 2 is 1.90 bits per heavy atom. The van der Waals surface area contributed by atoms with Crippen molar-refractivity contribution in [1.82, 2.24) is 24.4 Å². The third kappa shape index (κ3) is 4.80. The topological polar surface area (TPSA) is 129 Å². The lowest BCUT2D eigenvalue weighted by Gasteiger charge is -2.18. The van der Waals surface area contributed by atoms with E-state index in [0.29, 0.717) is 21.7 Å². The molecule has 0 unspecified atom stereocenters. The second-order valence-electron chi connectivity index (χ2n) is 7.34. The molecule has 3 N–H and O–H groups in total. The number of hydrogen-bond acceptors (Lipinski definition) is 8. The van der Waals surface area contributed by atoms with Crippen molar-refractivity contribution in [1.29, 1.82) is 0 Å². The van der Waals surface area contributed by atoms with Crippen LogP contribution in [0.1, 0.15) is 45.8 Å². The lowest BCUT2D eigenvalue weighted by atomic mass is 10.1. The molecule has 1 aliphatic heterocycles. The van der Waals surface area contributed by atoms with E-state index in [4.69, 9.17) is 4.74 Å². The van der Waals surface area contributed by atoms with Gasteiger partial charge in [-0.3, -0.25) is 4.57 Å². The Hall–Kier alpha value is -1.66. The molecule has 30 heavy (non-hydrogen) atoms. The first-order valence-corrected chi connectivity index (χ1v) is 11.1. The fourth-order valence-corrected chi connectivity index (χ4v) is 3.92. The van der Waals surface area contributed by atoms with Crippen LogP contribution in [0.15, 0.2) is 16.1 Å². The van der Waals surface area contributed by atoms with E-state index in [-0.39, 0.29) is 0 Å². The number of nitrogens with zero attached hydrogens (tertiary/aromatic N) is 6. The average molecular weight is 485 g/mol. The van der Waals surface area contributed by atoms with Crippen molar-refractivity contribution in [3.63, 3.8) is 0 Å². The summed E-state index contributed by atoms with van der Waals surface area (Å²) < 4.78 is 7.52. The van der Waals surface area contributed by atoms with Crippen LogP contribution < -0.4 is 0 Å². The Morgan fingerprint density at radius 1 is 1.20 bits per heavy atom. The number of imidazole rings is 1. The molecule has 0 saturated carbocycles. The summed E-state index contributed by atoms with van der Waals surface area (Å²) >= 11 is 3.38. The molecule has 10 nitrogen and oxygen atoms in total. The van der Waals surface area contributed by atoms with Crippen LogP contribution in [-0.4, -0.2) is 84.1 Å². The van der Waals surface area contributed by atoms with E-state index in [1.165, 1.54) is 10.9 Å². The Balaban J connectivity index is 1.91. The summed E-state index contributed by atoms with van der Waals surface area (Å²) in [5.74, 6) is 0.407. The number of halogens is 1. The molecule has 2 aromatic heterocycles. The van der Waals surface area contributed by atoms with Crippen molar-refractivity contribution < 1.29 is 20.1 Å². The molecule has 0 bridgehead atoms. The molecule has 1 saturated heterocycles. The number of unbranched alkanes of at least 4 members (excludes halogenated alkanes) is 2. The van der Waals surface area contributed by atoms with E-state index in [9.17, 15) is 15.3 Å². The Kier molecular flexibility index (Phi) is 8.12. The molecule has 0 aliphatic carbocycles. The Morgan fingerprint density at radius 3 is 2.50 bits per heavy atom. The highest BCUT2D eigenvalue weighted by Crippen LogP contribution is 2.35. The van der Waals surface area contributed by atoms with Crippen molar-refractivity contribution in [3.05, 3.63) is 11.1 Å². The van der Waals surface area contributed by atoms with Crippen molar-refractivity contribution in [2.75, 3.05) is 19.7 Å². The first-order chi connectivity index (χ1) is 14.5. The summed E-state index contributed by atoms with van der Waals surface area (Å²) in [5, 5.41) is 29.8. The second kappa shape index (κ2) is 10.6. The number of aromatic nitrogens is 4. The van der Waals surface area contributed by atoms with Gasteiger partial charge in [0.05, 0.1) is 12.9 Å². The van der Waals surface area contributed by atoms with Gasteiger partial charge < -0.3 is 25.0 Å². The molecule has 4 atom stereocenters. The van der Waals surface area contributed by atoms with Crippen LogP contribution in [0.2, 0.25) is 0 Å². The molecule has 1 aliphatic rings. The predicted octanol–water partition coefficient (Wildman–Crippen LogP) is 1.76. The largest absolute Gasteiger partial charge is 0.394 e. The SMILES string of the molecule is CCCCN(C=Nc1ncnc2c1nc(Br)n2[C@@H]1O[C@H](CO)[C@@H](O)[C@H]1O)CCCC. The monoisotopic (exact) mass is 484 g/mol. The summed E-state index contributed by atoms with van der Waals surface area (Å²) in [6.07, 6.45) is 3.27. The number of fused-ring (bicyclic) bond motifs is 1. The molecule has 1 fully saturated rings. The fraction of sp³-hybridized carbons (Fsp3) is 0.684. The van der Waals surface area contributed by atoms with Crippen molar-refractivity contribution in [2.24, 2.45) is 4.99 Å². The number of aliphatic hydroxyl groups excluding tert-OH is 3. The summed E-state index contributed by atoms with van der Waals surface area (Å²) in [4.78, 5) is 19.7. The molecule has 0 radical (unpaired) electrons. The molecule has 3 heterocycles. The van der Waals surface area contributed by atoms with Crippen LogP contribution in [0.3, 0.4) is 0 Å². The molecular formula is C19H29BrN6O4. The van der Waals surface area contributed by atoms with Gasteiger partial charge in [-0.25, -0.2) is 19.9 Å². The molecular weight excluding hydrogens is 456 g/mol. The van der Waals surface area contributed by atoms with Crippen LogP contribution in [0, 0.1) is 0 Å². The number of hydrogen-bond donors (Lipinski definition) is 3. The first-order valence-electron chi connectivity index (χ1n) is 10.3. The van der Waals surface area contributed by atoms with Crippen LogP contribution >= 0.6 is 15.9 Å². The van der Waals surface area contributed by atoms with Crippen molar-refractivity contribution in [3.8, 4) is 0 Å². The molecule has 2 aromatic rings. The normalized spacial score (nSPS) is 24.3. The quantitative estimate of drug-likeness (QED) is 0.264. The molecule has 0 amide bonds. The van der Waals surface area contributed by atoms with E-state index >= 15 is 0 Å². The average Bonchev–Trinajstić information content (AvgIpc) is 3.23. The standard InChI is InChI=1S/C19H29BrN6O4/c1-3-5-7-25(8-6-4-2)11-23-16-13-17(22-10-21-16)26(19(20)24-13)18-15(29)14(28)12(9-27)30-18/h10-12,14-15,18,27-29H,3-9H2,1-2H3/t12-,14-,15-,18-/m1/s1. The maximum absolute atomic E-state index is 10.4. The highest BCUT2D eigenvalue weighted by Gasteiger charge is 2.44. The van der Waals surface area contributed by atoms with E-state index in [2.05, 4.69) is 54.6 Å². The van der Waals surface area contributed by atoms with Gasteiger partial charge in [0.1, 0.15) is 24.6 Å². The molecule has 0 aromatic carbocycles. The third-order valence-corrected chi connectivity index (χ3v) is 5.69. The fourth-order valence-electron chi connectivity index (χ4n) is 3.37. The number of aliphatic imine (C=N–C) groups is 1. The molecule has 0 spiro atoms. The number of ether oxygens (including phenoxy) is 1. The van der Waals surface area contributed by atoms with Gasteiger partial charge in [0.25, 0.3) is 0 Å². The maximum atomic E-state index is 10.4. The van der Waals surface area contributed by atoms with Crippen molar-refractivity contribution in [2.45, 2.75) is 64.1 Å². The molecule has 11 heteroatoms. The Labute approximate surface area is 183 Å². The van der Waals surface area contributed by atoms with Gasteiger partial charge in [0.15, 0.2) is 27.9 Å². The zero-order valence-corrected chi connectivity index (χ0v) is 18.8. The van der Waals surface area contributed by atoms with Crippen LogP contribution in [0.4, 0.5) is 5.82 Å². The zero-order valence-electron chi connectivity index (χ0n) is 17.2. The summed E-state index contributed by atoms with van der Waals surface area (Å²) in [7, 11) is 0. The minimum atomic E-state index is -1.24. The van der Waals surface area contributed by atoms with Crippen LogP contribution in [0.5, 0.6) is 0 Å². The third-order valence-electron chi connectivity index (χ3n) is 5.13. The van der Waals surface area contributed by atoms with Gasteiger partial charge in [0.2, 0.25) is 0 Å². The maximum Gasteiger partial charge on any atom is 0.185 e. The smallest absolute Gasteiger partial charge is 0.185 e. The minimum absolute atomic E-state index is 0.359. The summed E-state index contributed by atoms with van der Waals surface area (Å²) in [6, 6.07) is 0. The van der Waals surface area contributed by atoms with Crippen LogP contribution in [-0.2, 0) is 4.74 Å². The van der Waals surface area contributed by atoms with Gasteiger partial charge in [-0.15, -0.1) is 0 Å². The van der Waals surface area contributed by atoms with E-state index in [1.54, 1.807) is 6.34 Å². The van der Waals surface area contributed by atoms with E-state index in [0.717, 1.165) is 38.8 Å². The van der Waals surface area contributed by atoms with Crippen LogP contribution in [0.25, 0.3) is 11.2 Å². The van der Waals surface area contributed by atoms with Gasteiger partial charge in [-0.1, -0.05) is 26.7 Å². The minimum Gasteiger partial charge on any atom is -0.394 e. The molecule has 3 rings (SSSR count). The molecule has 166 valence electrons. The van der Waals surface area contributed by atoms with E-state index in [1.807, 2.05) is 0 Å². The van der Waals surface area contributed by atoms with Gasteiger partial charge >= 0.3 is 0 Å². The van der Waals surface area contributed by atoms with Gasteiger partial charge in [0, 0.05) is 13.1 Å². The van der Waals surface area contributed by atoms with Gasteiger partial charge in [-0.05, 0) is 28.8 Å². The first kappa shape index (κ1) is 23.0. The Bertz CT molecular complexity index is 855. The lowest BCUT2D eigenvalue weighted by molar-refractivity contribution is -0.0521. The highest BCUT2D eigenvalue weighted by molar-refractivity contribution is 9.10. The second-order valence-corrected chi connectivity index (χ2v) is 8.05. The van der Waals surface area contributed by atoms with E-state index < -0.39 is 31.1 Å². The zero-order chi connectivity index (χ0) is 21.7.